The third kappa shape index (κ3) is 2.58. The Hall–Kier alpha value is -1.62. The third-order valence-corrected chi connectivity index (χ3v) is 5.42. The highest BCUT2D eigenvalue weighted by Gasteiger charge is 2.54. The van der Waals surface area contributed by atoms with Crippen molar-refractivity contribution >= 4 is 5.91 Å². The quantitative estimate of drug-likeness (QED) is 0.891. The maximum atomic E-state index is 12.5. The van der Waals surface area contributed by atoms with Crippen molar-refractivity contribution in [2.45, 2.75) is 19.3 Å². The van der Waals surface area contributed by atoms with Crippen molar-refractivity contribution in [3.8, 4) is 5.75 Å². The molecule has 1 saturated carbocycles. The van der Waals surface area contributed by atoms with Gasteiger partial charge in [-0.25, -0.2) is 0 Å². The molecule has 0 bridgehead atoms. The minimum Gasteiger partial charge on any atom is -0.492 e. The number of hydrogen-bond donors (Lipinski definition) is 1. The van der Waals surface area contributed by atoms with E-state index in [1.54, 1.807) is 12.4 Å². The molecule has 22 heavy (non-hydrogen) atoms. The Balaban J connectivity index is 1.41. The molecule has 1 aromatic heterocycles. The number of pyridine rings is 1. The molecule has 3 heterocycles. The molecule has 2 atom stereocenters. The summed E-state index contributed by atoms with van der Waals surface area (Å²) >= 11 is 0. The van der Waals surface area contributed by atoms with Crippen LogP contribution in [0.2, 0.25) is 0 Å². The number of likely N-dealkylation sites (tertiary alicyclic amines) is 1. The van der Waals surface area contributed by atoms with Crippen LogP contribution in [0.4, 0.5) is 0 Å². The lowest BCUT2D eigenvalue weighted by atomic mass is 9.77. The van der Waals surface area contributed by atoms with Gasteiger partial charge in [0.05, 0.1) is 18.2 Å². The van der Waals surface area contributed by atoms with E-state index in [9.17, 15) is 4.79 Å². The summed E-state index contributed by atoms with van der Waals surface area (Å²) < 4.78 is 5.88. The first kappa shape index (κ1) is 14.0. The van der Waals surface area contributed by atoms with Crippen LogP contribution in [0.5, 0.6) is 5.75 Å². The molecule has 2 aliphatic heterocycles. The number of amides is 1. The van der Waals surface area contributed by atoms with E-state index >= 15 is 0 Å². The summed E-state index contributed by atoms with van der Waals surface area (Å²) in [6.07, 6.45) is 7.16. The molecule has 1 amide bonds. The van der Waals surface area contributed by atoms with Crippen LogP contribution >= 0.6 is 0 Å². The molecule has 1 aromatic rings. The van der Waals surface area contributed by atoms with Crippen LogP contribution in [0, 0.1) is 17.3 Å². The zero-order chi connectivity index (χ0) is 15.0. The number of carbonyl (C=O) groups excluding carboxylic acids is 1. The lowest BCUT2D eigenvalue weighted by Gasteiger charge is -2.28. The first-order chi connectivity index (χ1) is 10.8. The topological polar surface area (TPSA) is 54.5 Å². The summed E-state index contributed by atoms with van der Waals surface area (Å²) in [5.74, 6) is 2.14. The molecular formula is C17H23N3O2. The Bertz CT molecular complexity index is 546. The van der Waals surface area contributed by atoms with Gasteiger partial charge in [-0.2, -0.15) is 0 Å². The molecule has 2 saturated heterocycles. The van der Waals surface area contributed by atoms with Gasteiger partial charge in [0.1, 0.15) is 5.75 Å². The first-order valence-corrected chi connectivity index (χ1v) is 8.30. The number of rotatable bonds is 5. The summed E-state index contributed by atoms with van der Waals surface area (Å²) in [5, 5.41) is 3.07. The van der Waals surface area contributed by atoms with Crippen LogP contribution in [0.25, 0.3) is 0 Å². The zero-order valence-electron chi connectivity index (χ0n) is 12.8. The molecule has 5 heteroatoms. The van der Waals surface area contributed by atoms with Gasteiger partial charge in [0, 0.05) is 31.7 Å². The van der Waals surface area contributed by atoms with Crippen LogP contribution in [-0.2, 0) is 4.79 Å². The summed E-state index contributed by atoms with van der Waals surface area (Å²) in [5.41, 5.74) is -0.239. The molecule has 0 unspecified atom stereocenters. The molecule has 1 spiro atoms. The highest BCUT2D eigenvalue weighted by atomic mass is 16.5. The van der Waals surface area contributed by atoms with Gasteiger partial charge in [0.15, 0.2) is 0 Å². The fourth-order valence-electron chi connectivity index (χ4n) is 3.88. The monoisotopic (exact) mass is 301 g/mol. The molecule has 5 nitrogen and oxygen atoms in total. The van der Waals surface area contributed by atoms with E-state index in [-0.39, 0.29) is 17.2 Å². The molecule has 1 N–H and O–H groups in total. The number of nitrogens with one attached hydrogen (secondary N) is 1. The number of hydrogen-bond acceptors (Lipinski definition) is 4. The van der Waals surface area contributed by atoms with Crippen LogP contribution in [0.1, 0.15) is 19.3 Å². The number of aromatic nitrogens is 1. The SMILES string of the molecule is O=C1NC[C@@H](COc2cccnc2)[C@@]12CCN(CC1CC1)C2. The third-order valence-electron chi connectivity index (χ3n) is 5.42. The van der Waals surface area contributed by atoms with Crippen molar-refractivity contribution in [2.75, 3.05) is 32.8 Å². The average Bonchev–Trinajstić information content (AvgIpc) is 3.17. The van der Waals surface area contributed by atoms with E-state index in [0.29, 0.717) is 6.61 Å². The standard InChI is InChI=1S/C17H23N3O2/c21-16-17(5-7-20(12-17)10-13-3-4-13)14(8-19-16)11-22-15-2-1-6-18-9-15/h1-2,6,9,13-14H,3-5,7-8,10-12H2,(H,19,21)/t14-,17-/m0/s1. The van der Waals surface area contributed by atoms with Crippen LogP contribution in [0.3, 0.4) is 0 Å². The molecule has 3 fully saturated rings. The maximum Gasteiger partial charge on any atom is 0.228 e. The van der Waals surface area contributed by atoms with Crippen molar-refractivity contribution in [1.82, 2.24) is 15.2 Å². The average molecular weight is 301 g/mol. The van der Waals surface area contributed by atoms with E-state index in [4.69, 9.17) is 4.74 Å². The van der Waals surface area contributed by atoms with E-state index in [1.807, 2.05) is 12.1 Å². The lowest BCUT2D eigenvalue weighted by molar-refractivity contribution is -0.128. The van der Waals surface area contributed by atoms with Gasteiger partial charge in [-0.05, 0) is 43.9 Å². The summed E-state index contributed by atoms with van der Waals surface area (Å²) in [4.78, 5) is 19.0. The van der Waals surface area contributed by atoms with Crippen molar-refractivity contribution in [3.63, 3.8) is 0 Å². The van der Waals surface area contributed by atoms with Crippen molar-refractivity contribution in [3.05, 3.63) is 24.5 Å². The van der Waals surface area contributed by atoms with Crippen LogP contribution in [-0.4, -0.2) is 48.6 Å². The molecular weight excluding hydrogens is 278 g/mol. The number of carbonyl (C=O) groups is 1. The molecule has 1 aliphatic carbocycles. The van der Waals surface area contributed by atoms with Crippen molar-refractivity contribution in [2.24, 2.45) is 17.3 Å². The van der Waals surface area contributed by atoms with Gasteiger partial charge >= 0.3 is 0 Å². The van der Waals surface area contributed by atoms with Gasteiger partial charge in [-0.1, -0.05) is 0 Å². The Morgan fingerprint density at radius 1 is 1.45 bits per heavy atom. The van der Waals surface area contributed by atoms with E-state index in [1.165, 1.54) is 19.4 Å². The molecule has 0 radical (unpaired) electrons. The van der Waals surface area contributed by atoms with Crippen molar-refractivity contribution < 1.29 is 9.53 Å². The van der Waals surface area contributed by atoms with E-state index < -0.39 is 0 Å². The second-order valence-electron chi connectivity index (χ2n) is 6.99. The Labute approximate surface area is 131 Å². The largest absolute Gasteiger partial charge is 0.492 e. The minimum absolute atomic E-state index is 0.227. The van der Waals surface area contributed by atoms with Gasteiger partial charge < -0.3 is 15.0 Å². The smallest absolute Gasteiger partial charge is 0.228 e. The van der Waals surface area contributed by atoms with Gasteiger partial charge in [0.2, 0.25) is 5.91 Å². The fraction of sp³-hybridized carbons (Fsp3) is 0.647. The van der Waals surface area contributed by atoms with Gasteiger partial charge in [-0.15, -0.1) is 0 Å². The summed E-state index contributed by atoms with van der Waals surface area (Å²) in [6, 6.07) is 3.79. The molecule has 4 rings (SSSR count). The Morgan fingerprint density at radius 3 is 3.14 bits per heavy atom. The van der Waals surface area contributed by atoms with E-state index in [2.05, 4.69) is 15.2 Å². The minimum atomic E-state index is -0.239. The predicted octanol–water partition coefficient (Wildman–Crippen LogP) is 1.31. The highest BCUT2D eigenvalue weighted by Crippen LogP contribution is 2.43. The molecule has 3 aliphatic rings. The molecule has 0 aromatic carbocycles. The number of ether oxygens (including phenoxy) is 1. The summed E-state index contributed by atoms with van der Waals surface area (Å²) in [7, 11) is 0. The second-order valence-corrected chi connectivity index (χ2v) is 6.99. The zero-order valence-corrected chi connectivity index (χ0v) is 12.8. The van der Waals surface area contributed by atoms with Crippen molar-refractivity contribution in [1.29, 1.82) is 0 Å². The highest BCUT2D eigenvalue weighted by molar-refractivity contribution is 5.86. The Morgan fingerprint density at radius 2 is 2.36 bits per heavy atom. The van der Waals surface area contributed by atoms with Crippen LogP contribution < -0.4 is 10.1 Å². The van der Waals surface area contributed by atoms with Gasteiger partial charge in [-0.3, -0.25) is 9.78 Å². The van der Waals surface area contributed by atoms with Crippen LogP contribution in [0.15, 0.2) is 24.5 Å². The predicted molar refractivity (Wildman–Crippen MR) is 82.4 cm³/mol. The molecule has 118 valence electrons. The Kier molecular flexibility index (Phi) is 3.53. The normalized spacial score (nSPS) is 31.6. The maximum absolute atomic E-state index is 12.5. The van der Waals surface area contributed by atoms with E-state index in [0.717, 1.165) is 37.7 Å². The lowest BCUT2D eigenvalue weighted by Crippen LogP contribution is -2.40. The first-order valence-electron chi connectivity index (χ1n) is 8.30. The van der Waals surface area contributed by atoms with Gasteiger partial charge in [0.25, 0.3) is 0 Å². The fourth-order valence-corrected chi connectivity index (χ4v) is 3.88. The number of nitrogens with zero attached hydrogens (tertiary/aromatic N) is 2. The summed E-state index contributed by atoms with van der Waals surface area (Å²) in [6.45, 7) is 4.44. The second kappa shape index (κ2) is 5.54.